The molecule has 1 aliphatic heterocycles. The summed E-state index contributed by atoms with van der Waals surface area (Å²) in [5.41, 5.74) is 0.782. The Morgan fingerprint density at radius 3 is 2.41 bits per heavy atom. The van der Waals surface area contributed by atoms with Crippen LogP contribution in [-0.2, 0) is 4.79 Å². The maximum absolute atomic E-state index is 12.9. The molecular weight excluding hydrogens is 416 g/mol. The third-order valence-electron chi connectivity index (χ3n) is 5.46. The van der Waals surface area contributed by atoms with Crippen LogP contribution in [0.25, 0.3) is 22.3 Å². The number of carbonyl (C=O) groups is 1. The van der Waals surface area contributed by atoms with Crippen LogP contribution in [0.15, 0.2) is 63.8 Å². The van der Waals surface area contributed by atoms with Gasteiger partial charge in [-0.2, -0.15) is 0 Å². The van der Waals surface area contributed by atoms with Gasteiger partial charge in [0.05, 0.1) is 6.42 Å². The standard InChI is InChI=1S/C24H16O8/c25-13-3-1-2-11(6-13)14-8-21(30)31-20-10-18(29)23-17(28)9-19(32-24(23)22(14)20)12-4-5-15(26)16(27)7-12/h1-7,9-10,14,25-27,29H,8H2/t14-/m1/s1. The van der Waals surface area contributed by atoms with Crippen LogP contribution in [0.5, 0.6) is 28.7 Å². The maximum Gasteiger partial charge on any atom is 0.312 e. The Bertz CT molecular complexity index is 1470. The normalized spacial score (nSPS) is 15.4. The minimum absolute atomic E-state index is 0.00721. The van der Waals surface area contributed by atoms with Gasteiger partial charge in [-0.25, -0.2) is 0 Å². The number of aromatic hydroxyl groups is 4. The van der Waals surface area contributed by atoms with Crippen molar-refractivity contribution in [2.24, 2.45) is 0 Å². The smallest absolute Gasteiger partial charge is 0.312 e. The Balaban J connectivity index is 1.82. The molecule has 0 radical (unpaired) electrons. The summed E-state index contributed by atoms with van der Waals surface area (Å²) in [5.74, 6) is -2.13. The molecule has 1 atom stereocenters. The number of benzene rings is 3. The van der Waals surface area contributed by atoms with Gasteiger partial charge in [-0.1, -0.05) is 12.1 Å². The zero-order chi connectivity index (χ0) is 22.6. The number of phenolic OH excluding ortho intramolecular Hbond substituents is 4. The third-order valence-corrected chi connectivity index (χ3v) is 5.46. The molecular formula is C24H16O8. The van der Waals surface area contributed by atoms with Crippen molar-refractivity contribution in [2.45, 2.75) is 12.3 Å². The van der Waals surface area contributed by atoms with E-state index in [9.17, 15) is 30.0 Å². The second-order valence-electron chi connectivity index (χ2n) is 7.52. The molecule has 5 rings (SSSR count). The average Bonchev–Trinajstić information content (AvgIpc) is 2.74. The minimum Gasteiger partial charge on any atom is -0.508 e. The van der Waals surface area contributed by atoms with E-state index in [0.29, 0.717) is 16.7 Å². The van der Waals surface area contributed by atoms with Crippen LogP contribution in [0, 0.1) is 0 Å². The van der Waals surface area contributed by atoms with Crippen molar-refractivity contribution >= 4 is 16.9 Å². The highest BCUT2D eigenvalue weighted by Crippen LogP contribution is 2.46. The molecule has 32 heavy (non-hydrogen) atoms. The molecule has 160 valence electrons. The number of carbonyl (C=O) groups excluding carboxylic acids is 1. The van der Waals surface area contributed by atoms with Crippen molar-refractivity contribution in [3.8, 4) is 40.1 Å². The number of rotatable bonds is 2. The molecule has 1 aromatic heterocycles. The Morgan fingerprint density at radius 1 is 0.844 bits per heavy atom. The number of phenols is 4. The molecule has 2 heterocycles. The fraction of sp³-hybridized carbons (Fsp3) is 0.0833. The van der Waals surface area contributed by atoms with Gasteiger partial charge in [-0.3, -0.25) is 9.59 Å². The van der Waals surface area contributed by atoms with Crippen LogP contribution in [0.2, 0.25) is 0 Å². The molecule has 0 amide bonds. The van der Waals surface area contributed by atoms with Crippen LogP contribution in [0.1, 0.15) is 23.5 Å². The number of ether oxygens (including phenoxy) is 1. The average molecular weight is 432 g/mol. The molecule has 0 bridgehead atoms. The lowest BCUT2D eigenvalue weighted by Crippen LogP contribution is -2.22. The molecule has 4 N–H and O–H groups in total. The Morgan fingerprint density at radius 2 is 1.66 bits per heavy atom. The fourth-order valence-corrected chi connectivity index (χ4v) is 4.00. The van der Waals surface area contributed by atoms with Crippen molar-refractivity contribution in [1.29, 1.82) is 0 Å². The first-order chi connectivity index (χ1) is 15.3. The summed E-state index contributed by atoms with van der Waals surface area (Å²) in [6, 6.07) is 12.7. The minimum atomic E-state index is -0.604. The number of fused-ring (bicyclic) bond motifs is 3. The number of hydrogen-bond acceptors (Lipinski definition) is 8. The molecule has 4 aromatic rings. The fourth-order valence-electron chi connectivity index (χ4n) is 4.00. The first-order valence-electron chi connectivity index (χ1n) is 9.67. The van der Waals surface area contributed by atoms with E-state index in [4.69, 9.17) is 9.15 Å². The summed E-state index contributed by atoms with van der Waals surface area (Å²) in [6.07, 6.45) is -0.0652. The Kier molecular flexibility index (Phi) is 4.30. The highest BCUT2D eigenvalue weighted by Gasteiger charge is 2.33. The van der Waals surface area contributed by atoms with Crippen molar-refractivity contribution in [2.75, 3.05) is 0 Å². The van der Waals surface area contributed by atoms with Gasteiger partial charge in [-0.15, -0.1) is 0 Å². The van der Waals surface area contributed by atoms with E-state index in [1.807, 2.05) is 0 Å². The van der Waals surface area contributed by atoms with E-state index in [1.165, 1.54) is 42.5 Å². The van der Waals surface area contributed by atoms with E-state index in [2.05, 4.69) is 0 Å². The topological polar surface area (TPSA) is 137 Å². The van der Waals surface area contributed by atoms with Gasteiger partial charge < -0.3 is 29.6 Å². The Hall–Kier alpha value is -4.46. The van der Waals surface area contributed by atoms with Crippen molar-refractivity contribution < 1.29 is 34.4 Å². The monoisotopic (exact) mass is 432 g/mol. The molecule has 8 nitrogen and oxygen atoms in total. The van der Waals surface area contributed by atoms with E-state index in [1.54, 1.807) is 12.1 Å². The maximum atomic E-state index is 12.9. The second kappa shape index (κ2) is 7.05. The van der Waals surface area contributed by atoms with E-state index in [0.717, 1.165) is 0 Å². The summed E-state index contributed by atoms with van der Waals surface area (Å²) in [4.78, 5) is 25.2. The predicted molar refractivity (Wildman–Crippen MR) is 113 cm³/mol. The van der Waals surface area contributed by atoms with Crippen LogP contribution in [0.4, 0.5) is 0 Å². The molecule has 0 aliphatic carbocycles. The largest absolute Gasteiger partial charge is 0.508 e. The van der Waals surface area contributed by atoms with Crippen LogP contribution in [0.3, 0.4) is 0 Å². The van der Waals surface area contributed by atoms with Gasteiger partial charge in [0.15, 0.2) is 16.9 Å². The second-order valence-corrected chi connectivity index (χ2v) is 7.52. The molecule has 1 aliphatic rings. The van der Waals surface area contributed by atoms with Gasteiger partial charge >= 0.3 is 5.97 Å². The van der Waals surface area contributed by atoms with Crippen molar-refractivity contribution in [1.82, 2.24) is 0 Å². The molecule has 0 saturated carbocycles. The van der Waals surface area contributed by atoms with E-state index >= 15 is 0 Å². The SMILES string of the molecule is O=C1C[C@H](c2cccc(O)c2)c2c(cc(O)c3c(=O)cc(-c4ccc(O)c(O)c4)oc23)O1. The predicted octanol–water partition coefficient (Wildman–Crippen LogP) is 3.72. The lowest BCUT2D eigenvalue weighted by Gasteiger charge is -2.26. The summed E-state index contributed by atoms with van der Waals surface area (Å²) >= 11 is 0. The van der Waals surface area contributed by atoms with Gasteiger partial charge in [0.25, 0.3) is 0 Å². The zero-order valence-corrected chi connectivity index (χ0v) is 16.4. The molecule has 0 unspecified atom stereocenters. The lowest BCUT2D eigenvalue weighted by atomic mass is 9.85. The van der Waals surface area contributed by atoms with Gasteiger partial charge in [-0.05, 0) is 35.9 Å². The quantitative estimate of drug-likeness (QED) is 0.214. The first-order valence-corrected chi connectivity index (χ1v) is 9.67. The molecule has 0 saturated heterocycles. The highest BCUT2D eigenvalue weighted by atomic mass is 16.5. The third kappa shape index (κ3) is 3.09. The molecule has 0 fully saturated rings. The summed E-state index contributed by atoms with van der Waals surface area (Å²) < 4.78 is 11.3. The summed E-state index contributed by atoms with van der Waals surface area (Å²) in [6.45, 7) is 0. The molecule has 0 spiro atoms. The summed E-state index contributed by atoms with van der Waals surface area (Å²) in [7, 11) is 0. The number of hydrogen-bond donors (Lipinski definition) is 4. The molecule has 3 aromatic carbocycles. The van der Waals surface area contributed by atoms with E-state index < -0.39 is 28.8 Å². The lowest BCUT2D eigenvalue weighted by molar-refractivity contribution is -0.135. The highest BCUT2D eigenvalue weighted by molar-refractivity contribution is 5.93. The van der Waals surface area contributed by atoms with E-state index in [-0.39, 0.29) is 40.4 Å². The van der Waals surface area contributed by atoms with Gasteiger partial charge in [0.1, 0.15) is 34.0 Å². The van der Waals surface area contributed by atoms with Crippen LogP contribution in [-0.4, -0.2) is 26.4 Å². The summed E-state index contributed by atoms with van der Waals surface area (Å²) in [5, 5.41) is 39.7. The van der Waals surface area contributed by atoms with Crippen molar-refractivity contribution in [3.63, 3.8) is 0 Å². The molecule has 8 heteroatoms. The van der Waals surface area contributed by atoms with Crippen LogP contribution >= 0.6 is 0 Å². The zero-order valence-electron chi connectivity index (χ0n) is 16.4. The Labute approximate surface area is 180 Å². The van der Waals surface area contributed by atoms with Gasteiger partial charge in [0.2, 0.25) is 0 Å². The van der Waals surface area contributed by atoms with Crippen molar-refractivity contribution in [3.05, 3.63) is 75.9 Å². The van der Waals surface area contributed by atoms with Gasteiger partial charge in [0, 0.05) is 29.2 Å². The van der Waals surface area contributed by atoms with Crippen LogP contribution < -0.4 is 10.2 Å². The number of esters is 1. The first kappa shape index (κ1) is 19.5.